The Balaban J connectivity index is 1.88. The number of hydrogen-bond donors (Lipinski definition) is 1. The molecule has 0 aromatic heterocycles. The van der Waals surface area contributed by atoms with E-state index >= 15 is 0 Å². The van der Waals surface area contributed by atoms with Crippen LogP contribution in [-0.2, 0) is 29.0 Å². The van der Waals surface area contributed by atoms with Crippen LogP contribution in [0.5, 0.6) is 5.75 Å². The number of nitrogens with zero attached hydrogens (tertiary/aromatic N) is 1. The maximum Gasteiger partial charge on any atom is 0.261 e. The van der Waals surface area contributed by atoms with E-state index in [1.165, 1.54) is 5.56 Å². The smallest absolute Gasteiger partial charge is 0.261 e. The number of aryl methyl sites for hydroxylation is 1. The minimum absolute atomic E-state index is 0.167. The van der Waals surface area contributed by atoms with E-state index in [0.717, 1.165) is 32.9 Å². The molecule has 7 heteroatoms. The maximum absolute atomic E-state index is 13.6. The van der Waals surface area contributed by atoms with E-state index in [1.54, 1.807) is 4.90 Å². The fourth-order valence-electron chi connectivity index (χ4n) is 3.81. The van der Waals surface area contributed by atoms with E-state index in [1.807, 2.05) is 79.7 Å². The lowest BCUT2D eigenvalue weighted by molar-refractivity contribution is -0.142. The van der Waals surface area contributed by atoms with Crippen LogP contribution in [0.3, 0.4) is 0 Å². The van der Waals surface area contributed by atoms with Gasteiger partial charge in [0, 0.05) is 24.0 Å². The lowest BCUT2D eigenvalue weighted by Crippen LogP contribution is -2.51. The van der Waals surface area contributed by atoms with Crippen molar-refractivity contribution in [1.82, 2.24) is 10.2 Å². The van der Waals surface area contributed by atoms with Crippen molar-refractivity contribution in [2.75, 3.05) is 13.2 Å². The third-order valence-corrected chi connectivity index (χ3v) is 6.99. The molecule has 36 heavy (non-hydrogen) atoms. The van der Waals surface area contributed by atoms with Crippen LogP contribution < -0.4 is 10.1 Å². The van der Waals surface area contributed by atoms with Crippen molar-refractivity contribution in [2.45, 2.75) is 45.7 Å². The van der Waals surface area contributed by atoms with Crippen LogP contribution in [-0.4, -0.2) is 35.9 Å². The van der Waals surface area contributed by atoms with Gasteiger partial charge in [-0.3, -0.25) is 9.59 Å². The van der Waals surface area contributed by atoms with Crippen LogP contribution in [0.2, 0.25) is 0 Å². The highest BCUT2D eigenvalue weighted by atomic mass is 79.9. The summed E-state index contributed by atoms with van der Waals surface area (Å²) < 4.78 is 7.67. The molecule has 3 rings (SSSR count). The van der Waals surface area contributed by atoms with Gasteiger partial charge in [-0.05, 0) is 69.7 Å². The molecule has 1 atom stereocenters. The Morgan fingerprint density at radius 2 is 1.61 bits per heavy atom. The summed E-state index contributed by atoms with van der Waals surface area (Å²) in [4.78, 5) is 28.6. The summed E-state index contributed by atoms with van der Waals surface area (Å²) in [5, 5.41) is 2.99. The number of carbonyl (C=O) groups is 2. The van der Waals surface area contributed by atoms with Gasteiger partial charge in [-0.2, -0.15) is 0 Å². The maximum atomic E-state index is 13.6. The summed E-state index contributed by atoms with van der Waals surface area (Å²) in [6.45, 7) is 4.77. The molecule has 0 spiro atoms. The van der Waals surface area contributed by atoms with Gasteiger partial charge in [-0.1, -0.05) is 78.3 Å². The monoisotopic (exact) mass is 614 g/mol. The molecule has 2 amide bonds. The number of carbonyl (C=O) groups excluding carboxylic acids is 2. The van der Waals surface area contributed by atoms with Crippen molar-refractivity contribution in [3.05, 3.63) is 98.4 Å². The van der Waals surface area contributed by atoms with Crippen LogP contribution in [0.4, 0.5) is 0 Å². The normalized spacial score (nSPS) is 11.6. The van der Waals surface area contributed by atoms with Crippen LogP contribution in [0.15, 0.2) is 81.7 Å². The van der Waals surface area contributed by atoms with Gasteiger partial charge in [0.1, 0.15) is 11.8 Å². The Morgan fingerprint density at radius 3 is 2.25 bits per heavy atom. The van der Waals surface area contributed by atoms with Crippen LogP contribution in [0.25, 0.3) is 0 Å². The Bertz CT molecular complexity index is 1140. The highest BCUT2D eigenvalue weighted by Crippen LogP contribution is 2.26. The van der Waals surface area contributed by atoms with E-state index < -0.39 is 6.04 Å². The molecule has 0 fully saturated rings. The molecule has 3 aromatic carbocycles. The Hall–Kier alpha value is -2.64. The first-order valence-electron chi connectivity index (χ1n) is 12.2. The Labute approximate surface area is 230 Å². The highest BCUT2D eigenvalue weighted by Gasteiger charge is 2.30. The van der Waals surface area contributed by atoms with E-state index in [0.29, 0.717) is 25.3 Å². The lowest BCUT2D eigenvalue weighted by Gasteiger charge is -2.31. The van der Waals surface area contributed by atoms with Crippen molar-refractivity contribution >= 4 is 43.7 Å². The van der Waals surface area contributed by atoms with Crippen LogP contribution >= 0.6 is 31.9 Å². The lowest BCUT2D eigenvalue weighted by atomic mass is 10.0. The number of nitrogens with one attached hydrogen (secondary N) is 1. The molecule has 0 aliphatic rings. The van der Waals surface area contributed by atoms with Gasteiger partial charge in [0.25, 0.3) is 5.91 Å². The predicted octanol–water partition coefficient (Wildman–Crippen LogP) is 6.32. The standard InChI is InChI=1S/C29H32Br2N2O3/c1-3-16-32-29(35)26(18-22-8-6-5-7-9-22)33(19-23-10-13-24(30)14-11-23)28(34)20-36-27-15-12-21(4-2)17-25(27)31/h5-15,17,26H,3-4,16,18-20H2,1-2H3,(H,32,35)/t26-/m0/s1. The number of ether oxygens (including phenoxy) is 1. The summed E-state index contributed by atoms with van der Waals surface area (Å²) >= 11 is 7.01. The molecule has 5 nitrogen and oxygen atoms in total. The van der Waals surface area contributed by atoms with Gasteiger partial charge in [0.15, 0.2) is 6.61 Å². The first-order chi connectivity index (χ1) is 17.4. The first-order valence-corrected chi connectivity index (χ1v) is 13.8. The molecule has 0 aliphatic heterocycles. The Morgan fingerprint density at radius 1 is 0.917 bits per heavy atom. The third-order valence-electron chi connectivity index (χ3n) is 5.84. The molecule has 0 saturated heterocycles. The number of hydrogen-bond acceptors (Lipinski definition) is 3. The second-order valence-corrected chi connectivity index (χ2v) is 10.3. The quantitative estimate of drug-likeness (QED) is 0.259. The van der Waals surface area contributed by atoms with Gasteiger partial charge < -0.3 is 15.0 Å². The predicted molar refractivity (Wildman–Crippen MR) is 151 cm³/mol. The summed E-state index contributed by atoms with van der Waals surface area (Å²) in [5.41, 5.74) is 3.09. The summed E-state index contributed by atoms with van der Waals surface area (Å²) in [7, 11) is 0. The van der Waals surface area contributed by atoms with Gasteiger partial charge in [-0.25, -0.2) is 0 Å². The molecule has 1 N–H and O–H groups in total. The topological polar surface area (TPSA) is 58.6 Å². The summed E-state index contributed by atoms with van der Waals surface area (Å²) in [6, 6.07) is 22.7. The minimum atomic E-state index is -0.676. The second-order valence-electron chi connectivity index (χ2n) is 8.55. The molecule has 190 valence electrons. The molecule has 0 aliphatic carbocycles. The van der Waals surface area contributed by atoms with Crippen molar-refractivity contribution in [3.63, 3.8) is 0 Å². The van der Waals surface area contributed by atoms with Crippen molar-refractivity contribution in [3.8, 4) is 5.75 Å². The zero-order chi connectivity index (χ0) is 25.9. The third kappa shape index (κ3) is 8.20. The van der Waals surface area contributed by atoms with Gasteiger partial charge in [0.05, 0.1) is 4.47 Å². The zero-order valence-corrected chi connectivity index (χ0v) is 23.8. The number of amides is 2. The number of benzene rings is 3. The first kappa shape index (κ1) is 27.9. The van der Waals surface area contributed by atoms with Crippen LogP contribution in [0, 0.1) is 0 Å². The summed E-state index contributed by atoms with van der Waals surface area (Å²) in [5.74, 6) is 0.177. The van der Waals surface area contributed by atoms with Crippen molar-refractivity contribution in [2.24, 2.45) is 0 Å². The van der Waals surface area contributed by atoms with Crippen LogP contribution in [0.1, 0.15) is 37.0 Å². The average molecular weight is 616 g/mol. The van der Waals surface area contributed by atoms with E-state index in [2.05, 4.69) is 44.1 Å². The minimum Gasteiger partial charge on any atom is -0.483 e. The second kappa shape index (κ2) is 14.2. The molecular formula is C29H32Br2N2O3. The van der Waals surface area contributed by atoms with Gasteiger partial charge >= 0.3 is 0 Å². The fraction of sp³-hybridized carbons (Fsp3) is 0.310. The molecule has 3 aromatic rings. The molecule has 0 heterocycles. The van der Waals surface area contributed by atoms with Gasteiger partial charge in [0.2, 0.25) is 5.91 Å². The van der Waals surface area contributed by atoms with Gasteiger partial charge in [-0.15, -0.1) is 0 Å². The van der Waals surface area contributed by atoms with E-state index in [4.69, 9.17) is 4.74 Å². The Kier molecular flexibility index (Phi) is 11.0. The number of halogens is 2. The zero-order valence-electron chi connectivity index (χ0n) is 20.7. The van der Waals surface area contributed by atoms with E-state index in [-0.39, 0.29) is 18.4 Å². The molecule has 0 radical (unpaired) electrons. The number of rotatable bonds is 12. The molecule has 0 bridgehead atoms. The highest BCUT2D eigenvalue weighted by molar-refractivity contribution is 9.10. The molecule has 0 unspecified atom stereocenters. The van der Waals surface area contributed by atoms with E-state index in [9.17, 15) is 9.59 Å². The van der Waals surface area contributed by atoms with Crippen molar-refractivity contribution < 1.29 is 14.3 Å². The molecular weight excluding hydrogens is 584 g/mol. The fourth-order valence-corrected chi connectivity index (χ4v) is 4.62. The largest absolute Gasteiger partial charge is 0.483 e. The SMILES string of the molecule is CCCNC(=O)[C@H](Cc1ccccc1)N(Cc1ccc(Br)cc1)C(=O)COc1ccc(CC)cc1Br. The average Bonchev–Trinajstić information content (AvgIpc) is 2.90. The molecule has 0 saturated carbocycles. The summed E-state index contributed by atoms with van der Waals surface area (Å²) in [6.07, 6.45) is 2.13. The van der Waals surface area contributed by atoms with Crippen molar-refractivity contribution in [1.29, 1.82) is 0 Å².